The number of carbonyl (C=O) groups is 1. The summed E-state index contributed by atoms with van der Waals surface area (Å²) in [6.45, 7) is 7.85. The number of Topliss-reactive ketones (excluding diaryl/α,β-unsaturated/α-hetero) is 1. The van der Waals surface area contributed by atoms with Crippen LogP contribution in [0.4, 0.5) is 0 Å². The molecule has 104 valence electrons. The highest BCUT2D eigenvalue weighted by Gasteiger charge is 2.26. The van der Waals surface area contributed by atoms with Crippen molar-refractivity contribution in [1.29, 1.82) is 0 Å². The zero-order chi connectivity index (χ0) is 13.7. The van der Waals surface area contributed by atoms with Crippen molar-refractivity contribution in [3.05, 3.63) is 36.3 Å². The lowest BCUT2D eigenvalue weighted by atomic mass is 9.99. The van der Waals surface area contributed by atoms with Gasteiger partial charge in [0.15, 0.2) is 0 Å². The third-order valence-corrected chi connectivity index (χ3v) is 3.62. The molecule has 0 bridgehead atoms. The van der Waals surface area contributed by atoms with E-state index in [-0.39, 0.29) is 11.8 Å². The van der Waals surface area contributed by atoms with Crippen molar-refractivity contribution in [2.45, 2.75) is 45.1 Å². The van der Waals surface area contributed by atoms with Crippen molar-refractivity contribution in [2.24, 2.45) is 0 Å². The average Bonchev–Trinajstić information content (AvgIpc) is 2.90. The summed E-state index contributed by atoms with van der Waals surface area (Å²) in [4.78, 5) is 14.5. The summed E-state index contributed by atoms with van der Waals surface area (Å²) in [5, 5.41) is 0. The number of likely N-dealkylation sites (tertiary alicyclic amines) is 1. The van der Waals surface area contributed by atoms with Crippen molar-refractivity contribution >= 4 is 5.78 Å². The number of furan rings is 1. The van der Waals surface area contributed by atoms with E-state index in [0.29, 0.717) is 12.8 Å². The minimum atomic E-state index is 0.0992. The molecule has 3 heteroatoms. The minimum Gasteiger partial charge on any atom is -0.468 e. The Hall–Kier alpha value is -1.35. The zero-order valence-electron chi connectivity index (χ0n) is 11.7. The van der Waals surface area contributed by atoms with E-state index in [4.69, 9.17) is 4.42 Å². The van der Waals surface area contributed by atoms with Gasteiger partial charge < -0.3 is 4.42 Å². The van der Waals surface area contributed by atoms with Gasteiger partial charge in [0.2, 0.25) is 0 Å². The first kappa shape index (κ1) is 14.1. The SMILES string of the molecule is C=C(C)CC(=O)CC(c1ccco1)N1CCCCC1. The lowest BCUT2D eigenvalue weighted by Crippen LogP contribution is -2.34. The Labute approximate surface area is 115 Å². The molecule has 1 aromatic heterocycles. The molecule has 1 fully saturated rings. The van der Waals surface area contributed by atoms with Crippen LogP contribution in [0.15, 0.2) is 35.0 Å². The fraction of sp³-hybridized carbons (Fsp3) is 0.562. The second-order valence-electron chi connectivity index (χ2n) is 5.50. The molecular weight excluding hydrogens is 238 g/mol. The van der Waals surface area contributed by atoms with E-state index in [0.717, 1.165) is 24.4 Å². The quantitative estimate of drug-likeness (QED) is 0.732. The summed E-state index contributed by atoms with van der Waals surface area (Å²) < 4.78 is 5.54. The maximum atomic E-state index is 12.1. The molecule has 0 amide bonds. The maximum absolute atomic E-state index is 12.1. The van der Waals surface area contributed by atoms with Crippen LogP contribution >= 0.6 is 0 Å². The molecule has 0 aromatic carbocycles. The molecule has 0 aliphatic carbocycles. The predicted molar refractivity (Wildman–Crippen MR) is 75.9 cm³/mol. The van der Waals surface area contributed by atoms with E-state index in [1.165, 1.54) is 19.3 Å². The number of rotatable bonds is 6. The van der Waals surface area contributed by atoms with Crippen molar-refractivity contribution < 1.29 is 9.21 Å². The minimum absolute atomic E-state index is 0.0992. The van der Waals surface area contributed by atoms with Gasteiger partial charge in [0.25, 0.3) is 0 Å². The average molecular weight is 261 g/mol. The normalized spacial score (nSPS) is 18.2. The van der Waals surface area contributed by atoms with Crippen LogP contribution < -0.4 is 0 Å². The first-order chi connectivity index (χ1) is 9.16. The van der Waals surface area contributed by atoms with Gasteiger partial charge in [0.1, 0.15) is 11.5 Å². The summed E-state index contributed by atoms with van der Waals surface area (Å²) in [5.41, 5.74) is 0.932. The number of ketones is 1. The topological polar surface area (TPSA) is 33.5 Å². The van der Waals surface area contributed by atoms with Crippen molar-refractivity contribution in [3.63, 3.8) is 0 Å². The molecule has 2 rings (SSSR count). The van der Waals surface area contributed by atoms with Gasteiger partial charge in [0.05, 0.1) is 12.3 Å². The number of allylic oxidation sites excluding steroid dienone is 1. The second kappa shape index (κ2) is 6.71. The van der Waals surface area contributed by atoms with Crippen molar-refractivity contribution in [1.82, 2.24) is 4.90 Å². The number of carbonyl (C=O) groups excluding carboxylic acids is 1. The molecule has 1 aliphatic heterocycles. The molecule has 1 aromatic rings. The molecular formula is C16H23NO2. The summed E-state index contributed by atoms with van der Waals surface area (Å²) in [7, 11) is 0. The molecule has 3 nitrogen and oxygen atoms in total. The Morgan fingerprint density at radius 1 is 1.42 bits per heavy atom. The largest absolute Gasteiger partial charge is 0.468 e. The second-order valence-corrected chi connectivity index (χ2v) is 5.50. The molecule has 0 radical (unpaired) electrons. The summed E-state index contributed by atoms with van der Waals surface area (Å²) in [6, 6.07) is 3.98. The van der Waals surface area contributed by atoms with E-state index < -0.39 is 0 Å². The highest BCUT2D eigenvalue weighted by atomic mass is 16.3. The van der Waals surface area contributed by atoms with Crippen LogP contribution in [0, 0.1) is 0 Å². The Bertz CT molecular complexity index is 416. The molecule has 1 atom stereocenters. The van der Waals surface area contributed by atoms with Gasteiger partial charge in [0, 0.05) is 12.8 Å². The van der Waals surface area contributed by atoms with Crippen molar-refractivity contribution in [3.8, 4) is 0 Å². The van der Waals surface area contributed by atoms with Gasteiger partial charge in [-0.25, -0.2) is 0 Å². The number of piperidine rings is 1. The highest BCUT2D eigenvalue weighted by Crippen LogP contribution is 2.28. The van der Waals surface area contributed by atoms with E-state index >= 15 is 0 Å². The first-order valence-corrected chi connectivity index (χ1v) is 7.10. The molecule has 1 aliphatic rings. The molecule has 1 unspecified atom stereocenters. The molecule has 2 heterocycles. The molecule has 0 N–H and O–H groups in total. The molecule has 0 saturated carbocycles. The summed E-state index contributed by atoms with van der Waals surface area (Å²) >= 11 is 0. The lowest BCUT2D eigenvalue weighted by molar-refractivity contribution is -0.120. The third kappa shape index (κ3) is 4.06. The predicted octanol–water partition coefficient (Wildman–Crippen LogP) is 3.73. The van der Waals surface area contributed by atoms with Gasteiger partial charge >= 0.3 is 0 Å². The van der Waals surface area contributed by atoms with Gasteiger partial charge in [-0.2, -0.15) is 0 Å². The van der Waals surface area contributed by atoms with Gasteiger partial charge in [-0.3, -0.25) is 9.69 Å². The molecule has 1 saturated heterocycles. The smallest absolute Gasteiger partial charge is 0.138 e. The number of nitrogens with zero attached hydrogens (tertiary/aromatic N) is 1. The first-order valence-electron chi connectivity index (χ1n) is 7.10. The van der Waals surface area contributed by atoms with Gasteiger partial charge in [-0.15, -0.1) is 0 Å². The number of hydrogen-bond acceptors (Lipinski definition) is 3. The third-order valence-electron chi connectivity index (χ3n) is 3.62. The fourth-order valence-electron chi connectivity index (χ4n) is 2.74. The van der Waals surface area contributed by atoms with Crippen LogP contribution in [0.25, 0.3) is 0 Å². The summed E-state index contributed by atoms with van der Waals surface area (Å²) in [5.74, 6) is 1.16. The standard InChI is InChI=1S/C16H23NO2/c1-13(2)11-14(18)12-15(16-7-6-10-19-16)17-8-4-3-5-9-17/h6-7,10,15H,1,3-5,8-9,11-12H2,2H3. The van der Waals surface area contributed by atoms with Crippen LogP contribution in [0.5, 0.6) is 0 Å². The van der Waals surface area contributed by atoms with Crippen LogP contribution in [0.1, 0.15) is 50.8 Å². The van der Waals surface area contributed by atoms with E-state index in [2.05, 4.69) is 11.5 Å². The zero-order valence-corrected chi connectivity index (χ0v) is 11.7. The maximum Gasteiger partial charge on any atom is 0.138 e. The van der Waals surface area contributed by atoms with Crippen LogP contribution in [0.2, 0.25) is 0 Å². The van der Waals surface area contributed by atoms with Crippen LogP contribution in [0.3, 0.4) is 0 Å². The highest BCUT2D eigenvalue weighted by molar-refractivity contribution is 5.81. The Kier molecular flexibility index (Phi) is 4.97. The molecule has 0 spiro atoms. The van der Waals surface area contributed by atoms with E-state index in [1.54, 1.807) is 6.26 Å². The Morgan fingerprint density at radius 2 is 2.16 bits per heavy atom. The monoisotopic (exact) mass is 261 g/mol. The van der Waals surface area contributed by atoms with E-state index in [9.17, 15) is 4.79 Å². The fourth-order valence-corrected chi connectivity index (χ4v) is 2.74. The van der Waals surface area contributed by atoms with Crippen LogP contribution in [-0.2, 0) is 4.79 Å². The lowest BCUT2D eigenvalue weighted by Gasteiger charge is -2.33. The van der Waals surface area contributed by atoms with E-state index in [1.807, 2.05) is 19.1 Å². The van der Waals surface area contributed by atoms with Crippen molar-refractivity contribution in [2.75, 3.05) is 13.1 Å². The van der Waals surface area contributed by atoms with Gasteiger partial charge in [-0.05, 0) is 45.0 Å². The summed E-state index contributed by atoms with van der Waals surface area (Å²) in [6.07, 6.45) is 6.42. The Balaban J connectivity index is 2.06. The van der Waals surface area contributed by atoms with Gasteiger partial charge in [-0.1, -0.05) is 18.6 Å². The molecule has 19 heavy (non-hydrogen) atoms. The number of hydrogen-bond donors (Lipinski definition) is 0. The Morgan fingerprint density at radius 3 is 2.74 bits per heavy atom. The van der Waals surface area contributed by atoms with Crippen LogP contribution in [-0.4, -0.2) is 23.8 Å².